The van der Waals surface area contributed by atoms with Crippen molar-refractivity contribution < 1.29 is 35.9 Å². The zero-order valence-electron chi connectivity index (χ0n) is 18.7. The van der Waals surface area contributed by atoms with Crippen molar-refractivity contribution in [2.24, 2.45) is 11.7 Å². The highest BCUT2D eigenvalue weighted by atomic mass is 19.4. The number of hydrogen-bond acceptors (Lipinski definition) is 3. The van der Waals surface area contributed by atoms with E-state index in [2.05, 4.69) is 5.32 Å². The smallest absolute Gasteiger partial charge is 0.353 e. The first-order valence-corrected chi connectivity index (χ1v) is 10.7. The summed E-state index contributed by atoms with van der Waals surface area (Å²) in [6, 6.07) is 1.10. The van der Waals surface area contributed by atoms with Crippen LogP contribution >= 0.6 is 0 Å². The van der Waals surface area contributed by atoms with Crippen LogP contribution in [0.25, 0.3) is 0 Å². The van der Waals surface area contributed by atoms with Gasteiger partial charge in [0.15, 0.2) is 0 Å². The van der Waals surface area contributed by atoms with Gasteiger partial charge in [0, 0.05) is 25.0 Å². The van der Waals surface area contributed by atoms with Gasteiger partial charge in [0.2, 0.25) is 11.8 Å². The van der Waals surface area contributed by atoms with E-state index in [0.717, 1.165) is 0 Å². The minimum atomic E-state index is -4.98. The van der Waals surface area contributed by atoms with E-state index < -0.39 is 41.3 Å². The average Bonchev–Trinajstić information content (AvgIpc) is 2.71. The number of nitrogens with two attached hydrogens (primary N) is 1. The molecule has 1 saturated heterocycles. The van der Waals surface area contributed by atoms with Crippen molar-refractivity contribution in [2.75, 3.05) is 13.1 Å². The second-order valence-electron chi connectivity index (χ2n) is 8.89. The summed E-state index contributed by atoms with van der Waals surface area (Å²) in [5.41, 5.74) is 1.15. The highest BCUT2D eigenvalue weighted by Gasteiger charge is 2.39. The van der Waals surface area contributed by atoms with Gasteiger partial charge in [-0.15, -0.1) is 0 Å². The molecule has 186 valence electrons. The summed E-state index contributed by atoms with van der Waals surface area (Å²) in [6.45, 7) is 5.54. The van der Waals surface area contributed by atoms with Gasteiger partial charge in [-0.3, -0.25) is 9.59 Å². The molecule has 2 amide bonds. The molecule has 1 fully saturated rings. The molecule has 1 unspecified atom stereocenters. The second-order valence-corrected chi connectivity index (χ2v) is 8.89. The van der Waals surface area contributed by atoms with Crippen molar-refractivity contribution in [3.63, 3.8) is 0 Å². The van der Waals surface area contributed by atoms with E-state index in [0.29, 0.717) is 31.4 Å². The molecule has 0 saturated carbocycles. The molecule has 2 rings (SSSR count). The molecule has 1 aromatic carbocycles. The lowest BCUT2D eigenvalue weighted by Gasteiger charge is -2.37. The molecule has 0 aliphatic carbocycles. The quantitative estimate of drug-likeness (QED) is 0.600. The SMILES string of the molecule is CCC(C)C(=O)NC1CCN(C(=O)[C@@](C)(N)Cc2cc(C(F)(F)F)cc(C(F)(F)F)c2)CC1. The monoisotopic (exact) mass is 481 g/mol. The molecule has 11 heteroatoms. The van der Waals surface area contributed by atoms with Crippen LogP contribution in [-0.4, -0.2) is 41.4 Å². The fraction of sp³-hybridized carbons (Fsp3) is 0.636. The van der Waals surface area contributed by atoms with E-state index >= 15 is 0 Å². The number of nitrogens with one attached hydrogen (secondary N) is 1. The minimum absolute atomic E-state index is 0.0393. The van der Waals surface area contributed by atoms with Crippen molar-refractivity contribution in [1.82, 2.24) is 10.2 Å². The fourth-order valence-electron chi connectivity index (χ4n) is 3.74. The number of benzene rings is 1. The van der Waals surface area contributed by atoms with Gasteiger partial charge < -0.3 is 16.0 Å². The van der Waals surface area contributed by atoms with Crippen LogP contribution in [-0.2, 0) is 28.4 Å². The van der Waals surface area contributed by atoms with Crippen molar-refractivity contribution in [3.05, 3.63) is 34.9 Å². The summed E-state index contributed by atoms with van der Waals surface area (Å²) in [6.07, 6.45) is -8.80. The van der Waals surface area contributed by atoms with Crippen LogP contribution in [0.15, 0.2) is 18.2 Å². The third kappa shape index (κ3) is 7.09. The molecule has 0 bridgehead atoms. The van der Waals surface area contributed by atoms with E-state index in [1.54, 1.807) is 0 Å². The molecule has 0 spiro atoms. The lowest BCUT2D eigenvalue weighted by molar-refractivity contribution is -0.143. The molecule has 2 atom stereocenters. The first kappa shape index (κ1) is 26.9. The summed E-state index contributed by atoms with van der Waals surface area (Å²) in [5.74, 6) is -0.776. The molecule has 33 heavy (non-hydrogen) atoms. The Balaban J connectivity index is 2.11. The van der Waals surface area contributed by atoms with E-state index in [1.165, 1.54) is 11.8 Å². The summed E-state index contributed by atoms with van der Waals surface area (Å²) in [5, 5.41) is 2.93. The minimum Gasteiger partial charge on any atom is -0.353 e. The molecular formula is C22H29F6N3O2. The molecule has 1 aromatic rings. The number of carbonyl (C=O) groups excluding carboxylic acids is 2. The molecule has 0 aromatic heterocycles. The Hall–Kier alpha value is -2.30. The number of nitrogens with zero attached hydrogens (tertiary/aromatic N) is 1. The first-order chi connectivity index (χ1) is 15.0. The topological polar surface area (TPSA) is 75.4 Å². The standard InChI is InChI=1S/C22H29F6N3O2/c1-4-13(2)18(32)30-17-5-7-31(8-6-17)19(33)20(3,29)12-14-9-15(21(23,24)25)11-16(10-14)22(26,27)28/h9-11,13,17H,4-8,12,29H2,1-3H3,(H,30,32)/t13?,20-/m0/s1. The Morgan fingerprint density at radius 3 is 1.97 bits per heavy atom. The summed E-state index contributed by atoms with van der Waals surface area (Å²) in [7, 11) is 0. The zero-order valence-corrected chi connectivity index (χ0v) is 18.7. The molecule has 1 aliphatic heterocycles. The van der Waals surface area contributed by atoms with Gasteiger partial charge in [-0.2, -0.15) is 26.3 Å². The van der Waals surface area contributed by atoms with Crippen molar-refractivity contribution in [3.8, 4) is 0 Å². The van der Waals surface area contributed by atoms with E-state index in [4.69, 9.17) is 5.73 Å². The Kier molecular flexibility index (Phi) is 8.09. The van der Waals surface area contributed by atoms with Crippen LogP contribution in [0.1, 0.15) is 56.7 Å². The molecule has 3 N–H and O–H groups in total. The number of halogens is 6. The van der Waals surface area contributed by atoms with Crippen LogP contribution in [0.5, 0.6) is 0 Å². The van der Waals surface area contributed by atoms with Crippen LogP contribution in [0, 0.1) is 5.92 Å². The van der Waals surface area contributed by atoms with Crippen molar-refractivity contribution in [2.45, 2.75) is 70.4 Å². The number of carbonyl (C=O) groups is 2. The maximum Gasteiger partial charge on any atom is 0.416 e. The molecule has 1 aliphatic rings. The Morgan fingerprint density at radius 2 is 1.55 bits per heavy atom. The molecule has 5 nitrogen and oxygen atoms in total. The van der Waals surface area contributed by atoms with Crippen LogP contribution in [0.2, 0.25) is 0 Å². The van der Waals surface area contributed by atoms with Crippen LogP contribution < -0.4 is 11.1 Å². The Morgan fingerprint density at radius 1 is 1.06 bits per heavy atom. The van der Waals surface area contributed by atoms with Crippen molar-refractivity contribution >= 4 is 11.8 Å². The summed E-state index contributed by atoms with van der Waals surface area (Å²) >= 11 is 0. The van der Waals surface area contributed by atoms with E-state index in [9.17, 15) is 35.9 Å². The van der Waals surface area contributed by atoms with Gasteiger partial charge in [0.1, 0.15) is 0 Å². The normalized spacial score (nSPS) is 18.5. The molecular weight excluding hydrogens is 452 g/mol. The predicted octanol–water partition coefficient (Wildman–Crippen LogP) is 4.14. The van der Waals surface area contributed by atoms with Gasteiger partial charge >= 0.3 is 12.4 Å². The van der Waals surface area contributed by atoms with E-state index in [-0.39, 0.29) is 42.6 Å². The lowest BCUT2D eigenvalue weighted by atomic mass is 9.89. The third-order valence-corrected chi connectivity index (χ3v) is 5.90. The van der Waals surface area contributed by atoms with Gasteiger partial charge in [-0.1, -0.05) is 13.8 Å². The lowest BCUT2D eigenvalue weighted by Crippen LogP contribution is -2.57. The number of amides is 2. The molecule has 1 heterocycles. The average molecular weight is 481 g/mol. The number of rotatable bonds is 6. The van der Waals surface area contributed by atoms with Gasteiger partial charge in [-0.05, 0) is 56.4 Å². The largest absolute Gasteiger partial charge is 0.416 e. The second kappa shape index (κ2) is 9.90. The van der Waals surface area contributed by atoms with Gasteiger partial charge in [0.25, 0.3) is 0 Å². The summed E-state index contributed by atoms with van der Waals surface area (Å²) < 4.78 is 78.7. The first-order valence-electron chi connectivity index (χ1n) is 10.7. The zero-order chi connectivity index (χ0) is 25.2. The Labute approximate surface area is 188 Å². The fourth-order valence-corrected chi connectivity index (χ4v) is 3.74. The maximum absolute atomic E-state index is 13.1. The number of alkyl halides is 6. The number of likely N-dealkylation sites (tertiary alicyclic amines) is 1. The highest BCUT2D eigenvalue weighted by molar-refractivity contribution is 5.86. The van der Waals surface area contributed by atoms with Gasteiger partial charge in [-0.25, -0.2) is 0 Å². The van der Waals surface area contributed by atoms with Gasteiger partial charge in [0.05, 0.1) is 16.7 Å². The van der Waals surface area contributed by atoms with E-state index in [1.807, 2.05) is 13.8 Å². The third-order valence-electron chi connectivity index (χ3n) is 5.90. The number of piperidine rings is 1. The van der Waals surface area contributed by atoms with Crippen LogP contribution in [0.4, 0.5) is 26.3 Å². The van der Waals surface area contributed by atoms with Crippen LogP contribution in [0.3, 0.4) is 0 Å². The highest BCUT2D eigenvalue weighted by Crippen LogP contribution is 2.37. The Bertz CT molecular complexity index is 826. The number of hydrogen-bond donors (Lipinski definition) is 2. The van der Waals surface area contributed by atoms with Crippen molar-refractivity contribution in [1.29, 1.82) is 0 Å². The summed E-state index contributed by atoms with van der Waals surface area (Å²) in [4.78, 5) is 26.4. The predicted molar refractivity (Wildman–Crippen MR) is 110 cm³/mol. The maximum atomic E-state index is 13.1. The molecule has 0 radical (unpaired) electrons.